The Balaban J connectivity index is 2.82. The lowest BCUT2D eigenvalue weighted by Gasteiger charge is -2.22. The highest BCUT2D eigenvalue weighted by Gasteiger charge is 2.26. The van der Waals surface area contributed by atoms with Crippen LogP contribution in [0.2, 0.25) is 0 Å². The summed E-state index contributed by atoms with van der Waals surface area (Å²) in [5.41, 5.74) is 0.495. The molecule has 2 aromatic carbocycles. The molecule has 2 rings (SSSR count). The van der Waals surface area contributed by atoms with Crippen molar-refractivity contribution in [3.8, 4) is 11.5 Å². The fourth-order valence-corrected chi connectivity index (χ4v) is 2.28. The number of nitrogens with zero attached hydrogens (tertiary/aromatic N) is 1. The van der Waals surface area contributed by atoms with Crippen molar-refractivity contribution in [1.82, 2.24) is 0 Å². The van der Waals surface area contributed by atoms with Gasteiger partial charge in [0.15, 0.2) is 0 Å². The molecule has 0 bridgehead atoms. The van der Waals surface area contributed by atoms with Crippen LogP contribution in [-0.2, 0) is 0 Å². The van der Waals surface area contributed by atoms with Crippen molar-refractivity contribution < 1.29 is 15.1 Å². The Morgan fingerprint density at radius 1 is 1.15 bits per heavy atom. The molecule has 0 aliphatic heterocycles. The maximum absolute atomic E-state index is 10.5. The first-order chi connectivity index (χ1) is 9.40. The lowest BCUT2D eigenvalue weighted by Crippen LogP contribution is -2.21. The second kappa shape index (κ2) is 5.04. The summed E-state index contributed by atoms with van der Waals surface area (Å²) in [6.07, 6.45) is 0. The van der Waals surface area contributed by atoms with Crippen molar-refractivity contribution in [3.05, 3.63) is 35.9 Å². The van der Waals surface area contributed by atoms with Crippen LogP contribution in [0.25, 0.3) is 10.8 Å². The summed E-state index contributed by atoms with van der Waals surface area (Å²) < 4.78 is 5.38. The van der Waals surface area contributed by atoms with E-state index in [2.05, 4.69) is 5.16 Å². The van der Waals surface area contributed by atoms with E-state index in [1.165, 1.54) is 0 Å². The van der Waals surface area contributed by atoms with Gasteiger partial charge >= 0.3 is 0 Å². The van der Waals surface area contributed by atoms with Gasteiger partial charge in [-0.2, -0.15) is 0 Å². The maximum Gasteiger partial charge on any atom is 0.132 e. The van der Waals surface area contributed by atoms with E-state index < -0.39 is 5.41 Å². The molecule has 0 amide bonds. The summed E-state index contributed by atoms with van der Waals surface area (Å²) in [7, 11) is 1.58. The Hall–Kier alpha value is -2.23. The molecule has 0 saturated heterocycles. The molecule has 0 aromatic heterocycles. The van der Waals surface area contributed by atoms with Gasteiger partial charge < -0.3 is 15.1 Å². The summed E-state index contributed by atoms with van der Waals surface area (Å²) in [6.45, 7) is 5.76. The molecule has 4 heteroatoms. The number of ether oxygens (including phenoxy) is 1. The molecule has 0 fully saturated rings. The number of benzene rings is 2. The van der Waals surface area contributed by atoms with E-state index >= 15 is 0 Å². The SMILES string of the molecule is COc1cc(/C(=N/O)C(C)(C)C)c(O)c2ccccc12. The van der Waals surface area contributed by atoms with Gasteiger partial charge in [-0.05, 0) is 6.07 Å². The van der Waals surface area contributed by atoms with E-state index in [4.69, 9.17) is 4.74 Å². The number of fused-ring (bicyclic) bond motifs is 1. The number of methoxy groups -OCH3 is 1. The zero-order chi connectivity index (χ0) is 14.9. The van der Waals surface area contributed by atoms with E-state index in [9.17, 15) is 10.3 Å². The van der Waals surface area contributed by atoms with Crippen LogP contribution in [-0.4, -0.2) is 23.1 Å². The molecule has 0 aliphatic carbocycles. The molecule has 0 saturated carbocycles. The Bertz CT molecular complexity index is 669. The van der Waals surface area contributed by atoms with Gasteiger partial charge in [0, 0.05) is 21.8 Å². The third-order valence-electron chi connectivity index (χ3n) is 3.26. The zero-order valence-electron chi connectivity index (χ0n) is 12.1. The molecule has 2 aromatic rings. The van der Waals surface area contributed by atoms with E-state index in [-0.39, 0.29) is 5.75 Å². The molecule has 0 unspecified atom stereocenters. The number of oxime groups is 1. The quantitative estimate of drug-likeness (QED) is 0.497. The number of hydrogen-bond donors (Lipinski definition) is 2. The maximum atomic E-state index is 10.5. The van der Waals surface area contributed by atoms with Gasteiger partial charge in [-0.1, -0.05) is 50.2 Å². The predicted molar refractivity (Wildman–Crippen MR) is 79.9 cm³/mol. The smallest absolute Gasteiger partial charge is 0.132 e. The van der Waals surface area contributed by atoms with Crippen molar-refractivity contribution >= 4 is 16.5 Å². The average Bonchev–Trinajstić information content (AvgIpc) is 2.41. The van der Waals surface area contributed by atoms with Crippen molar-refractivity contribution in [1.29, 1.82) is 0 Å². The van der Waals surface area contributed by atoms with Crippen LogP contribution in [0, 0.1) is 5.41 Å². The van der Waals surface area contributed by atoms with Crippen LogP contribution in [0.3, 0.4) is 0 Å². The molecule has 0 atom stereocenters. The first-order valence-electron chi connectivity index (χ1n) is 6.41. The van der Waals surface area contributed by atoms with Crippen molar-refractivity contribution in [2.24, 2.45) is 10.6 Å². The Kier molecular flexibility index (Phi) is 3.57. The normalized spacial score (nSPS) is 12.7. The predicted octanol–water partition coefficient (Wildman–Crippen LogP) is 3.78. The number of hydrogen-bond acceptors (Lipinski definition) is 4. The minimum Gasteiger partial charge on any atom is -0.507 e. The van der Waals surface area contributed by atoms with Crippen molar-refractivity contribution in [3.63, 3.8) is 0 Å². The lowest BCUT2D eigenvalue weighted by molar-refractivity contribution is 0.311. The van der Waals surface area contributed by atoms with E-state index in [1.807, 2.05) is 45.0 Å². The second-order valence-electron chi connectivity index (χ2n) is 5.72. The van der Waals surface area contributed by atoms with Gasteiger partial charge in [-0.15, -0.1) is 0 Å². The standard InChI is InChI=1S/C16H19NO3/c1-16(2,3)15(17-19)12-9-13(20-4)10-7-5-6-8-11(10)14(12)18/h5-9,18-19H,1-4H3/b17-15-. The van der Waals surface area contributed by atoms with Crippen LogP contribution in [0.5, 0.6) is 11.5 Å². The molecule has 2 N–H and O–H groups in total. The molecule has 0 heterocycles. The fourth-order valence-electron chi connectivity index (χ4n) is 2.28. The molecule has 106 valence electrons. The summed E-state index contributed by atoms with van der Waals surface area (Å²) in [6, 6.07) is 9.13. The third kappa shape index (κ3) is 2.29. The molecule has 0 aliphatic rings. The van der Waals surface area contributed by atoms with Gasteiger partial charge in [-0.3, -0.25) is 0 Å². The third-order valence-corrected chi connectivity index (χ3v) is 3.26. The summed E-state index contributed by atoms with van der Waals surface area (Å²) in [4.78, 5) is 0. The zero-order valence-corrected chi connectivity index (χ0v) is 12.1. The minimum atomic E-state index is -0.403. The van der Waals surface area contributed by atoms with Crippen LogP contribution in [0.1, 0.15) is 26.3 Å². The van der Waals surface area contributed by atoms with E-state index in [0.717, 1.165) is 5.39 Å². The van der Waals surface area contributed by atoms with Crippen molar-refractivity contribution in [2.75, 3.05) is 7.11 Å². The largest absolute Gasteiger partial charge is 0.507 e. The molecular formula is C16H19NO3. The Labute approximate surface area is 118 Å². The van der Waals surface area contributed by atoms with Gasteiger partial charge in [-0.25, -0.2) is 0 Å². The van der Waals surface area contributed by atoms with Gasteiger partial charge in [0.25, 0.3) is 0 Å². The van der Waals surface area contributed by atoms with E-state index in [0.29, 0.717) is 22.4 Å². The van der Waals surface area contributed by atoms with Gasteiger partial charge in [0.1, 0.15) is 11.5 Å². The number of rotatable bonds is 2. The van der Waals surface area contributed by atoms with Gasteiger partial charge in [0.05, 0.1) is 12.8 Å². The highest BCUT2D eigenvalue weighted by atomic mass is 16.5. The number of aromatic hydroxyl groups is 1. The van der Waals surface area contributed by atoms with Crippen molar-refractivity contribution in [2.45, 2.75) is 20.8 Å². The first-order valence-corrected chi connectivity index (χ1v) is 6.41. The highest BCUT2D eigenvalue weighted by molar-refractivity contribution is 6.11. The van der Waals surface area contributed by atoms with Crippen LogP contribution >= 0.6 is 0 Å². The summed E-state index contributed by atoms with van der Waals surface area (Å²) in [5, 5.41) is 24.7. The number of phenolic OH excluding ortho intramolecular Hbond substituents is 1. The molecule has 20 heavy (non-hydrogen) atoms. The lowest BCUT2D eigenvalue weighted by atomic mass is 9.84. The summed E-state index contributed by atoms with van der Waals surface area (Å²) in [5.74, 6) is 0.739. The first kappa shape index (κ1) is 14.2. The average molecular weight is 273 g/mol. The fraction of sp³-hybridized carbons (Fsp3) is 0.312. The highest BCUT2D eigenvalue weighted by Crippen LogP contribution is 2.38. The van der Waals surface area contributed by atoms with Crippen LogP contribution in [0.15, 0.2) is 35.5 Å². The monoisotopic (exact) mass is 273 g/mol. The molecule has 4 nitrogen and oxygen atoms in total. The second-order valence-corrected chi connectivity index (χ2v) is 5.72. The van der Waals surface area contributed by atoms with Gasteiger partial charge in [0.2, 0.25) is 0 Å². The molecular weight excluding hydrogens is 254 g/mol. The summed E-state index contributed by atoms with van der Waals surface area (Å²) >= 11 is 0. The molecule has 0 spiro atoms. The minimum absolute atomic E-state index is 0.101. The Morgan fingerprint density at radius 3 is 2.25 bits per heavy atom. The molecule has 0 radical (unpaired) electrons. The topological polar surface area (TPSA) is 62.0 Å². The van der Waals surface area contributed by atoms with Crippen LogP contribution in [0.4, 0.5) is 0 Å². The van der Waals surface area contributed by atoms with E-state index in [1.54, 1.807) is 13.2 Å². The van der Waals surface area contributed by atoms with Crippen LogP contribution < -0.4 is 4.74 Å². The number of phenols is 1. The Morgan fingerprint density at radius 2 is 1.75 bits per heavy atom.